The van der Waals surface area contributed by atoms with Crippen LogP contribution in [0, 0.1) is 0 Å². The van der Waals surface area contributed by atoms with Crippen molar-refractivity contribution < 1.29 is 24.2 Å². The smallest absolute Gasteiger partial charge is 0.326 e. The lowest BCUT2D eigenvalue weighted by atomic mass is 10.1. The Kier molecular flexibility index (Phi) is 37.5. The van der Waals surface area contributed by atoms with E-state index >= 15 is 0 Å². The van der Waals surface area contributed by atoms with Crippen LogP contribution in [0.4, 0.5) is 0 Å². The van der Waals surface area contributed by atoms with Crippen molar-refractivity contribution in [3.05, 3.63) is 48.6 Å². The third kappa shape index (κ3) is 35.7. The normalized spacial score (nSPS) is 13.1. The van der Waals surface area contributed by atoms with Crippen molar-refractivity contribution in [1.82, 2.24) is 5.32 Å². The number of hydrogen-bond acceptors (Lipinski definition) is 5. The Labute approximate surface area is 319 Å². The Morgan fingerprint density at radius 1 is 0.577 bits per heavy atom. The van der Waals surface area contributed by atoms with Crippen molar-refractivity contribution >= 4 is 17.8 Å². The number of aliphatic carboxylic acids is 1. The summed E-state index contributed by atoms with van der Waals surface area (Å²) in [5, 5.41) is 11.9. The fraction of sp³-hybridized carbons (Fsp3) is 0.756. The summed E-state index contributed by atoms with van der Waals surface area (Å²) in [6.07, 6.45) is 47.4. The molecule has 2 unspecified atom stereocenters. The first-order valence-electron chi connectivity index (χ1n) is 21.5. The number of allylic oxidation sites excluding steroid dienone is 7. The van der Waals surface area contributed by atoms with Gasteiger partial charge in [-0.05, 0) is 103 Å². The van der Waals surface area contributed by atoms with Crippen molar-refractivity contribution in [3.63, 3.8) is 0 Å². The molecule has 0 rings (SSSR count). The lowest BCUT2D eigenvalue weighted by Gasteiger charge is -2.15. The van der Waals surface area contributed by atoms with Gasteiger partial charge in [0.1, 0.15) is 12.1 Å². The molecule has 0 radical (unpaired) electrons. The molecule has 0 saturated heterocycles. The molecule has 4 N–H and O–H groups in total. The first-order valence-corrected chi connectivity index (χ1v) is 21.5. The summed E-state index contributed by atoms with van der Waals surface area (Å²) >= 11 is 0. The quantitative estimate of drug-likeness (QED) is 0.0331. The van der Waals surface area contributed by atoms with Crippen molar-refractivity contribution in [2.24, 2.45) is 5.73 Å². The highest BCUT2D eigenvalue weighted by atomic mass is 16.5. The number of amides is 1. The molecule has 0 fully saturated rings. The standard InChI is InChI=1S/C45H80N2O5/c1-3-5-7-9-11-13-14-15-16-17-18-19-20-21-22-23-25-27-33-39-44(49)52-41(35-30-26-24-12-10-8-6-4-2)36-31-28-29-32-38-43(48)47-42(45(50)51)37-34-40-46/h11-13,15-16,24,30,35,41-42H,3-10,14,17-23,25-29,31-34,36-40,46H2,1-2H3,(H,47,48)(H,50,51)/b13-11-,16-15-,24-12-,35-30-. The molecular formula is C45H80N2O5. The number of nitrogens with two attached hydrogens (primary N) is 1. The zero-order chi connectivity index (χ0) is 38.2. The summed E-state index contributed by atoms with van der Waals surface area (Å²) in [5.74, 6) is -1.36. The highest BCUT2D eigenvalue weighted by molar-refractivity contribution is 5.83. The second-order valence-electron chi connectivity index (χ2n) is 14.4. The van der Waals surface area contributed by atoms with E-state index < -0.39 is 12.0 Å². The number of esters is 1. The maximum atomic E-state index is 12.7. The molecule has 1 amide bonds. The molecule has 0 aliphatic rings. The minimum Gasteiger partial charge on any atom is -0.480 e. The van der Waals surface area contributed by atoms with E-state index in [9.17, 15) is 19.5 Å². The van der Waals surface area contributed by atoms with E-state index in [1.807, 2.05) is 6.08 Å². The molecule has 0 aromatic heterocycles. The number of carboxylic acid groups (broad SMARTS) is 1. The number of carboxylic acids is 1. The summed E-state index contributed by atoms with van der Waals surface area (Å²) in [4.78, 5) is 36.3. The SMILES string of the molecule is CCCCC/C=C\C/C=C\CCCCCCCCCCCC(=O)OC(/C=C\C/C=C\CCCCC)CCCCCCC(=O)NC(CCCN)C(=O)O. The van der Waals surface area contributed by atoms with Crippen LogP contribution in [0.2, 0.25) is 0 Å². The summed E-state index contributed by atoms with van der Waals surface area (Å²) in [5.41, 5.74) is 5.48. The molecule has 0 bridgehead atoms. The Bertz CT molecular complexity index is 957. The lowest BCUT2D eigenvalue weighted by molar-refractivity contribution is -0.147. The summed E-state index contributed by atoms with van der Waals surface area (Å²) in [6.45, 7) is 4.86. The molecule has 7 heteroatoms. The highest BCUT2D eigenvalue weighted by Crippen LogP contribution is 2.15. The van der Waals surface area contributed by atoms with Crippen LogP contribution in [-0.2, 0) is 19.1 Å². The molecule has 0 spiro atoms. The van der Waals surface area contributed by atoms with Crippen LogP contribution in [0.5, 0.6) is 0 Å². The topological polar surface area (TPSA) is 119 Å². The molecule has 0 aliphatic carbocycles. The monoisotopic (exact) mass is 729 g/mol. The average molecular weight is 729 g/mol. The molecule has 0 saturated carbocycles. The van der Waals surface area contributed by atoms with Gasteiger partial charge in [-0.3, -0.25) is 9.59 Å². The van der Waals surface area contributed by atoms with E-state index in [4.69, 9.17) is 10.5 Å². The minimum absolute atomic E-state index is 0.110. The second kappa shape index (κ2) is 39.5. The number of nitrogens with one attached hydrogen (secondary N) is 1. The van der Waals surface area contributed by atoms with Gasteiger partial charge in [0.2, 0.25) is 5.91 Å². The maximum Gasteiger partial charge on any atom is 0.326 e. The van der Waals surface area contributed by atoms with Gasteiger partial charge in [-0.25, -0.2) is 4.79 Å². The first kappa shape index (κ1) is 49.3. The third-order valence-corrected chi connectivity index (χ3v) is 9.35. The van der Waals surface area contributed by atoms with Gasteiger partial charge in [-0.1, -0.05) is 140 Å². The lowest BCUT2D eigenvalue weighted by Crippen LogP contribution is -2.40. The van der Waals surface area contributed by atoms with Crippen molar-refractivity contribution in [1.29, 1.82) is 0 Å². The molecule has 0 aromatic carbocycles. The van der Waals surface area contributed by atoms with E-state index in [0.717, 1.165) is 57.8 Å². The number of rotatable bonds is 38. The van der Waals surface area contributed by atoms with Crippen molar-refractivity contribution in [2.45, 2.75) is 212 Å². The predicted molar refractivity (Wildman–Crippen MR) is 220 cm³/mol. The number of carbonyl (C=O) groups excluding carboxylic acids is 2. The van der Waals surface area contributed by atoms with Gasteiger partial charge in [-0.15, -0.1) is 0 Å². The number of carbonyl (C=O) groups is 3. The van der Waals surface area contributed by atoms with E-state index in [1.165, 1.54) is 96.3 Å². The molecule has 0 aliphatic heterocycles. The minimum atomic E-state index is -1.02. The van der Waals surface area contributed by atoms with E-state index in [1.54, 1.807) is 0 Å². The molecule has 300 valence electrons. The zero-order valence-corrected chi connectivity index (χ0v) is 33.6. The summed E-state index contributed by atoms with van der Waals surface area (Å²) in [7, 11) is 0. The van der Waals surface area contributed by atoms with Gasteiger partial charge in [0, 0.05) is 12.8 Å². The van der Waals surface area contributed by atoms with Gasteiger partial charge in [-0.2, -0.15) is 0 Å². The third-order valence-electron chi connectivity index (χ3n) is 9.35. The second-order valence-corrected chi connectivity index (χ2v) is 14.4. The molecule has 0 heterocycles. The van der Waals surface area contributed by atoms with Crippen LogP contribution in [0.1, 0.15) is 200 Å². The highest BCUT2D eigenvalue weighted by Gasteiger charge is 2.19. The van der Waals surface area contributed by atoms with Crippen LogP contribution < -0.4 is 11.1 Å². The van der Waals surface area contributed by atoms with Gasteiger partial charge >= 0.3 is 11.9 Å². The molecule has 2 atom stereocenters. The largest absolute Gasteiger partial charge is 0.480 e. The fourth-order valence-corrected chi connectivity index (χ4v) is 6.08. The van der Waals surface area contributed by atoms with Crippen molar-refractivity contribution in [3.8, 4) is 0 Å². The van der Waals surface area contributed by atoms with Crippen molar-refractivity contribution in [2.75, 3.05) is 6.54 Å². The first-order chi connectivity index (χ1) is 25.4. The Balaban J connectivity index is 4.24. The van der Waals surface area contributed by atoms with Crippen LogP contribution >= 0.6 is 0 Å². The predicted octanol–water partition coefficient (Wildman–Crippen LogP) is 12.0. The Hall–Kier alpha value is -2.67. The van der Waals surface area contributed by atoms with Crippen LogP contribution in [0.3, 0.4) is 0 Å². The molecule has 7 nitrogen and oxygen atoms in total. The van der Waals surface area contributed by atoms with E-state index in [2.05, 4.69) is 61.7 Å². The molecule has 52 heavy (non-hydrogen) atoms. The Morgan fingerprint density at radius 3 is 1.60 bits per heavy atom. The van der Waals surface area contributed by atoms with Crippen LogP contribution in [0.15, 0.2) is 48.6 Å². The van der Waals surface area contributed by atoms with Gasteiger partial charge in [0.15, 0.2) is 0 Å². The molecular weight excluding hydrogens is 649 g/mol. The van der Waals surface area contributed by atoms with Gasteiger partial charge < -0.3 is 20.9 Å². The number of ether oxygens (including phenoxy) is 1. The van der Waals surface area contributed by atoms with Crippen LogP contribution in [0.25, 0.3) is 0 Å². The fourth-order valence-electron chi connectivity index (χ4n) is 6.08. The van der Waals surface area contributed by atoms with Crippen LogP contribution in [-0.4, -0.2) is 41.6 Å². The average Bonchev–Trinajstić information content (AvgIpc) is 3.13. The van der Waals surface area contributed by atoms with E-state index in [0.29, 0.717) is 38.6 Å². The maximum absolute atomic E-state index is 12.7. The number of unbranched alkanes of at least 4 members (excludes halogenated alkanes) is 18. The van der Waals surface area contributed by atoms with E-state index in [-0.39, 0.29) is 18.0 Å². The summed E-state index contributed by atoms with van der Waals surface area (Å²) < 4.78 is 5.90. The van der Waals surface area contributed by atoms with Gasteiger partial charge in [0.05, 0.1) is 0 Å². The zero-order valence-electron chi connectivity index (χ0n) is 33.6. The van der Waals surface area contributed by atoms with Gasteiger partial charge in [0.25, 0.3) is 0 Å². The summed E-state index contributed by atoms with van der Waals surface area (Å²) in [6, 6.07) is -0.875. The molecule has 0 aromatic rings. The number of hydrogen-bond donors (Lipinski definition) is 3. The Morgan fingerprint density at radius 2 is 1.06 bits per heavy atom.